The van der Waals surface area contributed by atoms with E-state index in [1.54, 1.807) is 15.6 Å². The van der Waals surface area contributed by atoms with E-state index in [1.807, 2.05) is 36.5 Å². The van der Waals surface area contributed by atoms with Crippen LogP contribution in [0, 0.1) is 5.92 Å². The predicted molar refractivity (Wildman–Crippen MR) is 78.0 cm³/mol. The van der Waals surface area contributed by atoms with E-state index in [9.17, 15) is 13.6 Å². The summed E-state index contributed by atoms with van der Waals surface area (Å²) in [5.74, 6) is -0.116. The Labute approximate surface area is 127 Å². The first kappa shape index (κ1) is 14.7. The molecule has 1 amide bonds. The van der Waals surface area contributed by atoms with Gasteiger partial charge in [0.05, 0.1) is 17.8 Å². The number of para-hydroxylation sites is 1. The lowest BCUT2D eigenvalue weighted by molar-refractivity contribution is -0.137. The fourth-order valence-electron chi connectivity index (χ4n) is 2.62. The van der Waals surface area contributed by atoms with Crippen LogP contribution in [0.25, 0.3) is 5.69 Å². The van der Waals surface area contributed by atoms with Crippen LogP contribution >= 0.6 is 0 Å². The summed E-state index contributed by atoms with van der Waals surface area (Å²) in [6, 6.07) is 11.4. The Kier molecular flexibility index (Phi) is 4.18. The summed E-state index contributed by atoms with van der Waals surface area (Å²) >= 11 is 0. The number of rotatable bonds is 5. The fourth-order valence-corrected chi connectivity index (χ4v) is 2.62. The van der Waals surface area contributed by atoms with Gasteiger partial charge in [0.1, 0.15) is 0 Å². The van der Waals surface area contributed by atoms with Gasteiger partial charge in [-0.1, -0.05) is 18.2 Å². The molecule has 4 nitrogen and oxygen atoms in total. The zero-order chi connectivity index (χ0) is 15.5. The average Bonchev–Trinajstić information content (AvgIpc) is 2.91. The molecule has 1 aliphatic rings. The highest BCUT2D eigenvalue weighted by molar-refractivity contribution is 5.79. The molecule has 0 N–H and O–H groups in total. The normalized spacial score (nSPS) is 15.1. The maximum atomic E-state index is 12.2. The summed E-state index contributed by atoms with van der Waals surface area (Å²) < 4.78 is 26.2. The van der Waals surface area contributed by atoms with Crippen LogP contribution < -0.4 is 0 Å². The Morgan fingerprint density at radius 3 is 2.64 bits per heavy atom. The van der Waals surface area contributed by atoms with Crippen molar-refractivity contribution in [1.29, 1.82) is 0 Å². The van der Waals surface area contributed by atoms with Crippen LogP contribution in [-0.2, 0) is 11.2 Å². The van der Waals surface area contributed by atoms with Gasteiger partial charge in [0.15, 0.2) is 0 Å². The summed E-state index contributed by atoms with van der Waals surface area (Å²) in [4.78, 5) is 13.7. The molecule has 0 bridgehead atoms. The molecule has 0 atom stereocenters. The molecule has 1 fully saturated rings. The van der Waals surface area contributed by atoms with Crippen LogP contribution in [0.4, 0.5) is 8.78 Å². The molecule has 0 saturated carbocycles. The number of amides is 1. The van der Waals surface area contributed by atoms with Gasteiger partial charge in [-0.3, -0.25) is 4.79 Å². The van der Waals surface area contributed by atoms with E-state index >= 15 is 0 Å². The van der Waals surface area contributed by atoms with Crippen LogP contribution in [0.15, 0.2) is 42.6 Å². The topological polar surface area (TPSA) is 38.1 Å². The lowest BCUT2D eigenvalue weighted by atomic mass is 9.96. The number of hydrogen-bond acceptors (Lipinski definition) is 2. The van der Waals surface area contributed by atoms with Crippen molar-refractivity contribution in [3.8, 4) is 5.69 Å². The Bertz CT molecular complexity index is 636. The Balaban J connectivity index is 1.54. The van der Waals surface area contributed by atoms with Gasteiger partial charge in [0.25, 0.3) is 0 Å². The van der Waals surface area contributed by atoms with E-state index in [2.05, 4.69) is 5.10 Å². The molecule has 2 aromatic rings. The second kappa shape index (κ2) is 6.25. The largest absolute Gasteiger partial charge is 0.342 e. The highest BCUT2D eigenvalue weighted by Crippen LogP contribution is 2.23. The van der Waals surface area contributed by atoms with Crippen molar-refractivity contribution < 1.29 is 13.6 Å². The second-order valence-electron chi connectivity index (χ2n) is 5.56. The van der Waals surface area contributed by atoms with Gasteiger partial charge in [-0.15, -0.1) is 0 Å². The number of halogens is 2. The molecule has 1 aromatic carbocycles. The SMILES string of the molecule is O=C(Cc1ccn(-c2ccccc2)n1)N1CC(CC(F)F)C1. The fraction of sp³-hybridized carbons (Fsp3) is 0.375. The van der Waals surface area contributed by atoms with Crippen molar-refractivity contribution in [1.82, 2.24) is 14.7 Å². The number of hydrogen-bond donors (Lipinski definition) is 0. The molecule has 0 aliphatic carbocycles. The van der Waals surface area contributed by atoms with Gasteiger partial charge in [-0.05, 0) is 24.1 Å². The molecule has 0 unspecified atom stereocenters. The number of carbonyl (C=O) groups excluding carboxylic acids is 1. The molecule has 2 heterocycles. The summed E-state index contributed by atoms with van der Waals surface area (Å²) in [7, 11) is 0. The highest BCUT2D eigenvalue weighted by atomic mass is 19.3. The van der Waals surface area contributed by atoms with Crippen LogP contribution in [0.3, 0.4) is 0 Å². The van der Waals surface area contributed by atoms with E-state index in [4.69, 9.17) is 0 Å². The standard InChI is InChI=1S/C16H17F2N3O/c17-15(18)8-12-10-20(11-12)16(22)9-13-6-7-21(19-13)14-4-2-1-3-5-14/h1-7,12,15H,8-11H2. The number of benzene rings is 1. The van der Waals surface area contributed by atoms with E-state index in [-0.39, 0.29) is 24.7 Å². The number of alkyl halides is 2. The molecule has 116 valence electrons. The minimum absolute atomic E-state index is 0.0520. The lowest BCUT2D eigenvalue weighted by Gasteiger charge is -2.39. The molecule has 0 spiro atoms. The van der Waals surface area contributed by atoms with Crippen LogP contribution in [0.2, 0.25) is 0 Å². The zero-order valence-corrected chi connectivity index (χ0v) is 12.0. The predicted octanol–water partition coefficient (Wildman–Crippen LogP) is 2.53. The second-order valence-corrected chi connectivity index (χ2v) is 5.56. The molecule has 6 heteroatoms. The number of carbonyl (C=O) groups is 1. The Morgan fingerprint density at radius 2 is 1.95 bits per heavy atom. The molecule has 1 aliphatic heterocycles. The zero-order valence-electron chi connectivity index (χ0n) is 12.0. The lowest BCUT2D eigenvalue weighted by Crippen LogP contribution is -2.51. The number of aromatic nitrogens is 2. The van der Waals surface area contributed by atoms with E-state index < -0.39 is 6.43 Å². The first-order chi connectivity index (χ1) is 10.6. The molecule has 1 saturated heterocycles. The van der Waals surface area contributed by atoms with Gasteiger partial charge in [-0.2, -0.15) is 5.10 Å². The van der Waals surface area contributed by atoms with Crippen molar-refractivity contribution >= 4 is 5.91 Å². The van der Waals surface area contributed by atoms with Gasteiger partial charge >= 0.3 is 0 Å². The first-order valence-corrected chi connectivity index (χ1v) is 7.27. The van der Waals surface area contributed by atoms with Crippen molar-refractivity contribution in [2.24, 2.45) is 5.92 Å². The Hall–Kier alpha value is -2.24. The summed E-state index contributed by atoms with van der Waals surface area (Å²) in [5, 5.41) is 4.38. The van der Waals surface area contributed by atoms with Crippen molar-refractivity contribution in [2.75, 3.05) is 13.1 Å². The smallest absolute Gasteiger partial charge is 0.239 e. The maximum absolute atomic E-state index is 12.2. The van der Waals surface area contributed by atoms with E-state index in [1.165, 1.54) is 0 Å². The van der Waals surface area contributed by atoms with Crippen LogP contribution in [0.1, 0.15) is 12.1 Å². The third kappa shape index (κ3) is 3.32. The molecule has 1 aromatic heterocycles. The summed E-state index contributed by atoms with van der Waals surface area (Å²) in [6.07, 6.45) is -0.384. The minimum atomic E-state index is -2.29. The molecular weight excluding hydrogens is 288 g/mol. The molecule has 22 heavy (non-hydrogen) atoms. The number of likely N-dealkylation sites (tertiary alicyclic amines) is 1. The van der Waals surface area contributed by atoms with Crippen molar-refractivity contribution in [2.45, 2.75) is 19.3 Å². The highest BCUT2D eigenvalue weighted by Gasteiger charge is 2.32. The van der Waals surface area contributed by atoms with E-state index in [0.717, 1.165) is 5.69 Å². The molecule has 3 rings (SSSR count). The van der Waals surface area contributed by atoms with Crippen LogP contribution in [-0.4, -0.2) is 40.1 Å². The quantitative estimate of drug-likeness (QED) is 0.851. The third-order valence-electron chi connectivity index (χ3n) is 3.82. The monoisotopic (exact) mass is 305 g/mol. The summed E-state index contributed by atoms with van der Waals surface area (Å²) in [6.45, 7) is 0.866. The maximum Gasteiger partial charge on any atom is 0.239 e. The van der Waals surface area contributed by atoms with E-state index in [0.29, 0.717) is 18.8 Å². The molecular formula is C16H17F2N3O. The minimum Gasteiger partial charge on any atom is -0.342 e. The van der Waals surface area contributed by atoms with Crippen molar-refractivity contribution in [3.05, 3.63) is 48.3 Å². The van der Waals surface area contributed by atoms with Crippen molar-refractivity contribution in [3.63, 3.8) is 0 Å². The van der Waals surface area contributed by atoms with Gasteiger partial charge in [0.2, 0.25) is 12.3 Å². The summed E-state index contributed by atoms with van der Waals surface area (Å²) in [5.41, 5.74) is 1.62. The first-order valence-electron chi connectivity index (χ1n) is 7.27. The number of nitrogens with zero attached hydrogens (tertiary/aromatic N) is 3. The van der Waals surface area contributed by atoms with Crippen LogP contribution in [0.5, 0.6) is 0 Å². The molecule has 0 radical (unpaired) electrons. The van der Waals surface area contributed by atoms with Gasteiger partial charge < -0.3 is 4.90 Å². The Morgan fingerprint density at radius 1 is 1.23 bits per heavy atom. The third-order valence-corrected chi connectivity index (χ3v) is 3.82. The van der Waals surface area contributed by atoms with Gasteiger partial charge in [0, 0.05) is 25.7 Å². The average molecular weight is 305 g/mol. The van der Waals surface area contributed by atoms with Gasteiger partial charge in [-0.25, -0.2) is 13.5 Å².